The van der Waals surface area contributed by atoms with Crippen LogP contribution in [-0.2, 0) is 18.9 Å². The molecule has 1 heterocycles. The number of aryl methyl sites for hydroxylation is 1. The van der Waals surface area contributed by atoms with Gasteiger partial charge in [0, 0.05) is 31.9 Å². The molecule has 0 fully saturated rings. The van der Waals surface area contributed by atoms with E-state index in [4.69, 9.17) is 0 Å². The number of aromatic nitrogens is 1. The molecule has 6 nitrogen and oxygen atoms in total. The summed E-state index contributed by atoms with van der Waals surface area (Å²) in [6, 6.07) is 9.47. The second-order valence-electron chi connectivity index (χ2n) is 8.35. The minimum atomic E-state index is -5.07. The van der Waals surface area contributed by atoms with Crippen LogP contribution in [0.3, 0.4) is 0 Å². The van der Waals surface area contributed by atoms with Crippen LogP contribution in [0.5, 0.6) is 0 Å². The minimum Gasteiger partial charge on any atom is -0.395 e. The van der Waals surface area contributed by atoms with Gasteiger partial charge in [0.1, 0.15) is 5.69 Å². The van der Waals surface area contributed by atoms with E-state index >= 15 is 0 Å². The van der Waals surface area contributed by atoms with Gasteiger partial charge in [-0.25, -0.2) is 4.98 Å². The average Bonchev–Trinajstić information content (AvgIpc) is 2.86. The Kier molecular flexibility index (Phi) is 8.45. The molecular weight excluding hydrogens is 516 g/mol. The van der Waals surface area contributed by atoms with Gasteiger partial charge in [0.25, 0.3) is 11.8 Å². The fourth-order valence-electron chi connectivity index (χ4n) is 3.94. The highest BCUT2D eigenvalue weighted by atomic mass is 19.4. The zero-order valence-corrected chi connectivity index (χ0v) is 20.2. The fraction of sp³-hybridized carbons (Fsp3) is 0.269. The molecule has 0 saturated carbocycles. The van der Waals surface area contributed by atoms with Gasteiger partial charge in [0.15, 0.2) is 0 Å². The van der Waals surface area contributed by atoms with E-state index < -0.39 is 60.6 Å². The second-order valence-corrected chi connectivity index (χ2v) is 8.35. The van der Waals surface area contributed by atoms with Gasteiger partial charge in [0.05, 0.1) is 23.3 Å². The highest BCUT2D eigenvalue weighted by Gasteiger charge is 2.37. The molecule has 1 aromatic heterocycles. The third kappa shape index (κ3) is 6.31. The number of hydrogen-bond donors (Lipinski definition) is 2. The molecule has 0 aliphatic heterocycles. The zero-order chi connectivity index (χ0) is 28.3. The number of halogens is 6. The van der Waals surface area contributed by atoms with E-state index in [2.05, 4.69) is 10.3 Å². The number of pyridine rings is 1. The van der Waals surface area contributed by atoms with Crippen molar-refractivity contribution in [2.75, 3.05) is 20.2 Å². The third-order valence-electron chi connectivity index (χ3n) is 5.66. The first-order chi connectivity index (χ1) is 17.8. The van der Waals surface area contributed by atoms with Crippen molar-refractivity contribution in [3.63, 3.8) is 0 Å². The molecular formula is C26H23F6N3O3. The van der Waals surface area contributed by atoms with Crippen LogP contribution in [0.2, 0.25) is 0 Å². The van der Waals surface area contributed by atoms with Crippen LogP contribution >= 0.6 is 0 Å². The predicted octanol–water partition coefficient (Wildman–Crippen LogP) is 5.09. The second kappa shape index (κ2) is 11.2. The lowest BCUT2D eigenvalue weighted by molar-refractivity contribution is -0.143. The molecule has 0 radical (unpaired) electrons. The number of amides is 2. The summed E-state index contributed by atoms with van der Waals surface area (Å²) in [4.78, 5) is 31.4. The summed E-state index contributed by atoms with van der Waals surface area (Å²) in [5, 5.41) is 12.0. The normalized spacial score (nSPS) is 11.8. The number of aliphatic hydroxyl groups is 1. The van der Waals surface area contributed by atoms with E-state index in [1.54, 1.807) is 37.3 Å². The summed E-state index contributed by atoms with van der Waals surface area (Å²) in [7, 11) is 1.31. The molecule has 2 N–H and O–H groups in total. The van der Waals surface area contributed by atoms with E-state index in [-0.39, 0.29) is 17.3 Å². The van der Waals surface area contributed by atoms with Gasteiger partial charge in [-0.1, -0.05) is 30.3 Å². The van der Waals surface area contributed by atoms with Gasteiger partial charge in [-0.3, -0.25) is 9.59 Å². The van der Waals surface area contributed by atoms with Gasteiger partial charge >= 0.3 is 12.4 Å². The number of carbonyl (C=O) groups is 2. The van der Waals surface area contributed by atoms with Gasteiger partial charge in [-0.2, -0.15) is 26.3 Å². The quantitative estimate of drug-likeness (QED) is 0.410. The van der Waals surface area contributed by atoms with Crippen LogP contribution < -0.4 is 5.32 Å². The number of rotatable bonds is 7. The number of aliphatic hydroxyl groups excluding tert-OH is 1. The molecule has 0 atom stereocenters. The van der Waals surface area contributed by atoms with Gasteiger partial charge < -0.3 is 15.3 Å². The minimum absolute atomic E-state index is 0.0105. The monoisotopic (exact) mass is 539 g/mol. The van der Waals surface area contributed by atoms with Crippen molar-refractivity contribution in [1.29, 1.82) is 0 Å². The number of nitrogens with one attached hydrogen (secondary N) is 1. The maximum Gasteiger partial charge on any atom is 0.416 e. The molecule has 3 aromatic rings. The standard InChI is InChI=1S/C26H23F6N3O3/c1-15-13-34-22(23(37)33-2)21(20(15)17-6-4-3-5-7-17)24(38)35(8-9-36)14-16-10-18(25(27,28)29)12-19(11-16)26(30,31)32/h3-7,10-13,36H,8-9,14H2,1-2H3,(H,33,37). The van der Waals surface area contributed by atoms with Gasteiger partial charge in [-0.15, -0.1) is 0 Å². The van der Waals surface area contributed by atoms with Crippen LogP contribution in [0.25, 0.3) is 11.1 Å². The van der Waals surface area contributed by atoms with E-state index in [0.717, 1.165) is 4.90 Å². The van der Waals surface area contributed by atoms with E-state index in [0.29, 0.717) is 28.8 Å². The number of benzene rings is 2. The van der Waals surface area contributed by atoms with E-state index in [9.17, 15) is 41.0 Å². The van der Waals surface area contributed by atoms with Crippen molar-refractivity contribution in [3.8, 4) is 11.1 Å². The highest BCUT2D eigenvalue weighted by Crippen LogP contribution is 2.37. The molecule has 12 heteroatoms. The summed E-state index contributed by atoms with van der Waals surface area (Å²) in [6.07, 6.45) is -8.77. The average molecular weight is 539 g/mol. The number of carbonyl (C=O) groups excluding carboxylic acids is 2. The molecule has 2 aromatic carbocycles. The lowest BCUT2D eigenvalue weighted by atomic mass is 9.93. The van der Waals surface area contributed by atoms with Crippen molar-refractivity contribution in [1.82, 2.24) is 15.2 Å². The molecule has 0 unspecified atom stereocenters. The summed E-state index contributed by atoms with van der Waals surface area (Å²) in [5.74, 6) is -1.63. The maximum absolute atomic E-state index is 13.8. The van der Waals surface area contributed by atoms with Crippen molar-refractivity contribution in [2.45, 2.75) is 25.8 Å². The third-order valence-corrected chi connectivity index (χ3v) is 5.66. The molecule has 0 aliphatic carbocycles. The zero-order valence-electron chi connectivity index (χ0n) is 20.2. The van der Waals surface area contributed by atoms with Crippen molar-refractivity contribution < 1.29 is 41.0 Å². The Morgan fingerprint density at radius 1 is 0.974 bits per heavy atom. The predicted molar refractivity (Wildman–Crippen MR) is 126 cm³/mol. The van der Waals surface area contributed by atoms with E-state index in [1.807, 2.05) is 0 Å². The Balaban J connectivity index is 2.19. The smallest absolute Gasteiger partial charge is 0.395 e. The summed E-state index contributed by atoms with van der Waals surface area (Å²) >= 11 is 0. The summed E-state index contributed by atoms with van der Waals surface area (Å²) in [6.45, 7) is -0.155. The van der Waals surface area contributed by atoms with Crippen LogP contribution in [0, 0.1) is 6.92 Å². The Bertz CT molecular complexity index is 1290. The van der Waals surface area contributed by atoms with Crippen LogP contribution in [0.1, 0.15) is 43.1 Å². The molecule has 202 valence electrons. The Hall–Kier alpha value is -3.93. The molecule has 3 rings (SSSR count). The van der Waals surface area contributed by atoms with Gasteiger partial charge in [-0.05, 0) is 41.8 Å². The molecule has 38 heavy (non-hydrogen) atoms. The molecule has 0 aliphatic rings. The van der Waals surface area contributed by atoms with Crippen molar-refractivity contribution in [3.05, 3.63) is 88.2 Å². The first kappa shape index (κ1) is 28.6. The van der Waals surface area contributed by atoms with Crippen molar-refractivity contribution in [2.24, 2.45) is 0 Å². The maximum atomic E-state index is 13.8. The van der Waals surface area contributed by atoms with Crippen molar-refractivity contribution >= 4 is 11.8 Å². The van der Waals surface area contributed by atoms with E-state index in [1.165, 1.54) is 13.2 Å². The molecule has 0 saturated heterocycles. The van der Waals surface area contributed by atoms with Crippen LogP contribution in [-0.4, -0.2) is 47.0 Å². The lowest BCUT2D eigenvalue weighted by Gasteiger charge is -2.26. The largest absolute Gasteiger partial charge is 0.416 e. The number of hydrogen-bond acceptors (Lipinski definition) is 4. The number of nitrogens with zero attached hydrogens (tertiary/aromatic N) is 2. The fourth-order valence-corrected chi connectivity index (χ4v) is 3.94. The first-order valence-corrected chi connectivity index (χ1v) is 11.2. The van der Waals surface area contributed by atoms with Crippen LogP contribution in [0.15, 0.2) is 54.7 Å². The Morgan fingerprint density at radius 2 is 1.55 bits per heavy atom. The summed E-state index contributed by atoms with van der Waals surface area (Å²) in [5.41, 5.74) is -2.68. The highest BCUT2D eigenvalue weighted by molar-refractivity contribution is 6.10. The molecule has 2 amide bonds. The topological polar surface area (TPSA) is 82.5 Å². The SMILES string of the molecule is CNC(=O)c1ncc(C)c(-c2ccccc2)c1C(=O)N(CCO)Cc1cc(C(F)(F)F)cc(C(F)(F)F)c1. The molecule has 0 spiro atoms. The summed E-state index contributed by atoms with van der Waals surface area (Å²) < 4.78 is 80.2. The number of alkyl halides is 6. The van der Waals surface area contributed by atoms with Crippen LogP contribution in [0.4, 0.5) is 26.3 Å². The Labute approximate surface area is 213 Å². The first-order valence-electron chi connectivity index (χ1n) is 11.2. The van der Waals surface area contributed by atoms with Gasteiger partial charge in [0.2, 0.25) is 0 Å². The lowest BCUT2D eigenvalue weighted by Crippen LogP contribution is -2.36. The Morgan fingerprint density at radius 3 is 2.05 bits per heavy atom. The molecule has 0 bridgehead atoms.